The first kappa shape index (κ1) is 12.3. The SMILES string of the molecule is C.CNC1=CC2CN(C)C(C)CC2C=C1. The molecule has 0 bridgehead atoms. The molecule has 3 atom stereocenters. The molecule has 2 nitrogen and oxygen atoms in total. The maximum Gasteiger partial charge on any atom is 0.0297 e. The van der Waals surface area contributed by atoms with Crippen molar-refractivity contribution in [2.75, 3.05) is 20.6 Å². The van der Waals surface area contributed by atoms with Crippen LogP contribution in [0.3, 0.4) is 0 Å². The lowest BCUT2D eigenvalue weighted by atomic mass is 9.79. The van der Waals surface area contributed by atoms with Gasteiger partial charge in [-0.3, -0.25) is 0 Å². The van der Waals surface area contributed by atoms with Crippen LogP contribution in [0.1, 0.15) is 20.8 Å². The van der Waals surface area contributed by atoms with Crippen molar-refractivity contribution in [3.8, 4) is 0 Å². The molecule has 0 spiro atoms. The van der Waals surface area contributed by atoms with Gasteiger partial charge in [-0.05, 0) is 38.3 Å². The quantitative estimate of drug-likeness (QED) is 0.711. The molecular formula is C13H24N2. The van der Waals surface area contributed by atoms with Gasteiger partial charge in [-0.2, -0.15) is 0 Å². The molecule has 1 N–H and O–H groups in total. The Morgan fingerprint density at radius 2 is 2.13 bits per heavy atom. The predicted molar refractivity (Wildman–Crippen MR) is 66.7 cm³/mol. The lowest BCUT2D eigenvalue weighted by molar-refractivity contribution is 0.136. The van der Waals surface area contributed by atoms with Crippen molar-refractivity contribution in [3.63, 3.8) is 0 Å². The smallest absolute Gasteiger partial charge is 0.0297 e. The maximum absolute atomic E-state index is 3.22. The van der Waals surface area contributed by atoms with Crippen LogP contribution in [0.5, 0.6) is 0 Å². The fourth-order valence-corrected chi connectivity index (χ4v) is 2.47. The molecular weight excluding hydrogens is 184 g/mol. The van der Waals surface area contributed by atoms with E-state index in [2.05, 4.69) is 42.4 Å². The van der Waals surface area contributed by atoms with E-state index in [-0.39, 0.29) is 7.43 Å². The van der Waals surface area contributed by atoms with Gasteiger partial charge in [0, 0.05) is 25.3 Å². The summed E-state index contributed by atoms with van der Waals surface area (Å²) in [6, 6.07) is 0.727. The van der Waals surface area contributed by atoms with Gasteiger partial charge in [0.25, 0.3) is 0 Å². The molecule has 0 saturated carbocycles. The molecule has 2 aliphatic rings. The molecule has 15 heavy (non-hydrogen) atoms. The van der Waals surface area contributed by atoms with Crippen LogP contribution in [0.2, 0.25) is 0 Å². The number of hydrogen-bond acceptors (Lipinski definition) is 2. The fourth-order valence-electron chi connectivity index (χ4n) is 2.47. The molecule has 86 valence electrons. The summed E-state index contributed by atoms with van der Waals surface area (Å²) in [4.78, 5) is 2.46. The van der Waals surface area contributed by atoms with Gasteiger partial charge in [-0.1, -0.05) is 19.6 Å². The third-order valence-electron chi connectivity index (χ3n) is 3.62. The van der Waals surface area contributed by atoms with Gasteiger partial charge in [0.05, 0.1) is 0 Å². The zero-order valence-electron chi connectivity index (χ0n) is 9.33. The summed E-state index contributed by atoms with van der Waals surface area (Å²) in [6.07, 6.45) is 8.28. The van der Waals surface area contributed by atoms with Crippen LogP contribution in [0, 0.1) is 11.8 Å². The molecule has 0 radical (unpaired) electrons. The van der Waals surface area contributed by atoms with E-state index in [4.69, 9.17) is 0 Å². The zero-order valence-corrected chi connectivity index (χ0v) is 9.33. The first-order valence-electron chi connectivity index (χ1n) is 5.48. The highest BCUT2D eigenvalue weighted by Gasteiger charge is 2.30. The largest absolute Gasteiger partial charge is 0.388 e. The maximum atomic E-state index is 3.22. The van der Waals surface area contributed by atoms with Crippen molar-refractivity contribution in [3.05, 3.63) is 23.9 Å². The molecule has 0 aromatic rings. The van der Waals surface area contributed by atoms with Crippen molar-refractivity contribution in [2.24, 2.45) is 11.8 Å². The van der Waals surface area contributed by atoms with E-state index in [0.29, 0.717) is 5.92 Å². The van der Waals surface area contributed by atoms with E-state index in [1.807, 2.05) is 7.05 Å². The number of allylic oxidation sites excluding steroid dienone is 2. The minimum Gasteiger partial charge on any atom is -0.388 e. The van der Waals surface area contributed by atoms with E-state index >= 15 is 0 Å². The van der Waals surface area contributed by atoms with E-state index in [9.17, 15) is 0 Å². The van der Waals surface area contributed by atoms with Crippen LogP contribution in [0.15, 0.2) is 23.9 Å². The van der Waals surface area contributed by atoms with E-state index in [0.717, 1.165) is 12.0 Å². The number of fused-ring (bicyclic) bond motifs is 1. The van der Waals surface area contributed by atoms with Crippen LogP contribution in [-0.4, -0.2) is 31.6 Å². The van der Waals surface area contributed by atoms with Gasteiger partial charge in [0.15, 0.2) is 0 Å². The molecule has 1 aliphatic heterocycles. The molecule has 2 heteroatoms. The number of nitrogens with one attached hydrogen (secondary N) is 1. The van der Waals surface area contributed by atoms with Gasteiger partial charge in [-0.25, -0.2) is 0 Å². The molecule has 0 aromatic carbocycles. The third-order valence-corrected chi connectivity index (χ3v) is 3.62. The number of piperidine rings is 1. The van der Waals surface area contributed by atoms with Crippen molar-refractivity contribution in [1.29, 1.82) is 0 Å². The normalized spacial score (nSPS) is 35.1. The van der Waals surface area contributed by atoms with Crippen molar-refractivity contribution >= 4 is 0 Å². The Hall–Kier alpha value is -0.760. The van der Waals surface area contributed by atoms with Crippen molar-refractivity contribution in [1.82, 2.24) is 10.2 Å². The topological polar surface area (TPSA) is 15.3 Å². The summed E-state index contributed by atoms with van der Waals surface area (Å²) in [6.45, 7) is 3.52. The number of likely N-dealkylation sites (N-methyl/N-ethyl adjacent to an activating group) is 1. The van der Waals surface area contributed by atoms with Crippen LogP contribution >= 0.6 is 0 Å². The Balaban J connectivity index is 0.00000112. The lowest BCUT2D eigenvalue weighted by Gasteiger charge is -2.40. The number of hydrogen-bond donors (Lipinski definition) is 1. The van der Waals surface area contributed by atoms with Gasteiger partial charge in [0.2, 0.25) is 0 Å². The molecule has 1 fully saturated rings. The van der Waals surface area contributed by atoms with Crippen molar-refractivity contribution in [2.45, 2.75) is 26.8 Å². The van der Waals surface area contributed by atoms with Gasteiger partial charge < -0.3 is 10.2 Å². The first-order chi connectivity index (χ1) is 6.70. The third kappa shape index (κ3) is 2.43. The van der Waals surface area contributed by atoms with Crippen molar-refractivity contribution < 1.29 is 0 Å². The van der Waals surface area contributed by atoms with Crippen LogP contribution in [0.4, 0.5) is 0 Å². The number of rotatable bonds is 1. The number of likely N-dealkylation sites (tertiary alicyclic amines) is 1. The van der Waals surface area contributed by atoms with Crippen LogP contribution in [-0.2, 0) is 0 Å². The van der Waals surface area contributed by atoms with E-state index < -0.39 is 0 Å². The highest BCUT2D eigenvalue weighted by molar-refractivity contribution is 5.25. The molecule has 1 heterocycles. The predicted octanol–water partition coefficient (Wildman–Crippen LogP) is 2.25. The summed E-state index contributed by atoms with van der Waals surface area (Å²) in [5, 5.41) is 3.22. The second-order valence-electron chi connectivity index (χ2n) is 4.58. The van der Waals surface area contributed by atoms with Gasteiger partial charge >= 0.3 is 0 Å². The molecule has 2 rings (SSSR count). The van der Waals surface area contributed by atoms with Gasteiger partial charge in [-0.15, -0.1) is 0 Å². The van der Waals surface area contributed by atoms with Crippen LogP contribution < -0.4 is 5.32 Å². The molecule has 1 saturated heterocycles. The second kappa shape index (κ2) is 4.84. The highest BCUT2D eigenvalue weighted by Crippen LogP contribution is 2.32. The Morgan fingerprint density at radius 1 is 1.40 bits per heavy atom. The van der Waals surface area contributed by atoms with E-state index in [1.54, 1.807) is 0 Å². The molecule has 0 aromatic heterocycles. The Kier molecular flexibility index (Phi) is 3.97. The second-order valence-corrected chi connectivity index (χ2v) is 4.58. The average molecular weight is 208 g/mol. The monoisotopic (exact) mass is 208 g/mol. The van der Waals surface area contributed by atoms with Crippen LogP contribution in [0.25, 0.3) is 0 Å². The minimum absolute atomic E-state index is 0. The average Bonchev–Trinajstić information content (AvgIpc) is 2.19. The summed E-state index contributed by atoms with van der Waals surface area (Å²) < 4.78 is 0. The van der Waals surface area contributed by atoms with E-state index in [1.165, 1.54) is 18.7 Å². The highest BCUT2D eigenvalue weighted by atomic mass is 15.1. The molecule has 1 aliphatic carbocycles. The Labute approximate surface area is 94.0 Å². The number of nitrogens with zero attached hydrogens (tertiary/aromatic N) is 1. The summed E-state index contributed by atoms with van der Waals surface area (Å²) >= 11 is 0. The molecule has 0 amide bonds. The summed E-state index contributed by atoms with van der Waals surface area (Å²) in [5.74, 6) is 1.47. The lowest BCUT2D eigenvalue weighted by Crippen LogP contribution is -2.43. The summed E-state index contributed by atoms with van der Waals surface area (Å²) in [5.41, 5.74) is 1.27. The first-order valence-corrected chi connectivity index (χ1v) is 5.48. The summed E-state index contributed by atoms with van der Waals surface area (Å²) in [7, 11) is 4.22. The molecule has 3 unspecified atom stereocenters. The fraction of sp³-hybridized carbons (Fsp3) is 0.692. The standard InChI is InChI=1S/C12H20N2.CH4/c1-9-6-10-4-5-12(13-2)7-11(10)8-14(9)3;/h4-5,7,9-11,13H,6,8H2,1-3H3;1H4. The Morgan fingerprint density at radius 3 is 2.80 bits per heavy atom. The Bertz CT molecular complexity index is 268. The minimum atomic E-state index is 0. The van der Waals surface area contributed by atoms with Gasteiger partial charge in [0.1, 0.15) is 0 Å². The zero-order chi connectivity index (χ0) is 10.1.